The van der Waals surface area contributed by atoms with Crippen LogP contribution in [0.3, 0.4) is 0 Å². The van der Waals surface area contributed by atoms with Crippen LogP contribution < -0.4 is 10.5 Å². The standard InChI is InChI=1S/C16H25N3O/c17-14-4-1-6-16(12-14)20-11-3-7-18-9-10-19-8-2-5-15(19)13-18/h1,4,6,12,15H,2-3,5,7-11,13,17H2. The SMILES string of the molecule is Nc1cccc(OCCCN2CCN3CCCC3C2)c1. The first-order valence-electron chi connectivity index (χ1n) is 7.76. The molecular weight excluding hydrogens is 250 g/mol. The predicted molar refractivity (Wildman–Crippen MR) is 82.0 cm³/mol. The van der Waals surface area contributed by atoms with E-state index < -0.39 is 0 Å². The Morgan fingerprint density at radius 2 is 2.20 bits per heavy atom. The van der Waals surface area contributed by atoms with E-state index >= 15 is 0 Å². The Kier molecular flexibility index (Phi) is 4.43. The fourth-order valence-corrected chi connectivity index (χ4v) is 3.34. The fraction of sp³-hybridized carbons (Fsp3) is 0.625. The van der Waals surface area contributed by atoms with Gasteiger partial charge in [-0.25, -0.2) is 0 Å². The lowest BCUT2D eigenvalue weighted by Crippen LogP contribution is -2.50. The van der Waals surface area contributed by atoms with Crippen molar-refractivity contribution in [3.63, 3.8) is 0 Å². The average molecular weight is 275 g/mol. The molecule has 110 valence electrons. The molecular formula is C16H25N3O. The van der Waals surface area contributed by atoms with E-state index in [1.807, 2.05) is 24.3 Å². The molecule has 0 aromatic heterocycles. The molecule has 0 radical (unpaired) electrons. The van der Waals surface area contributed by atoms with Crippen LogP contribution in [0.25, 0.3) is 0 Å². The molecule has 20 heavy (non-hydrogen) atoms. The first-order valence-corrected chi connectivity index (χ1v) is 7.76. The molecule has 4 nitrogen and oxygen atoms in total. The second-order valence-electron chi connectivity index (χ2n) is 5.91. The number of hydrogen-bond donors (Lipinski definition) is 1. The van der Waals surface area contributed by atoms with Gasteiger partial charge in [0, 0.05) is 44.0 Å². The summed E-state index contributed by atoms with van der Waals surface area (Å²) in [5.41, 5.74) is 6.50. The molecule has 2 aliphatic rings. The molecule has 0 saturated carbocycles. The van der Waals surface area contributed by atoms with Crippen LogP contribution in [0, 0.1) is 0 Å². The summed E-state index contributed by atoms with van der Waals surface area (Å²) in [5.74, 6) is 0.880. The molecule has 2 N–H and O–H groups in total. The maximum Gasteiger partial charge on any atom is 0.121 e. The number of hydrogen-bond acceptors (Lipinski definition) is 4. The van der Waals surface area contributed by atoms with Gasteiger partial charge in [0.2, 0.25) is 0 Å². The van der Waals surface area contributed by atoms with Gasteiger partial charge in [-0.1, -0.05) is 6.07 Å². The number of rotatable bonds is 5. The number of fused-ring (bicyclic) bond motifs is 1. The molecule has 2 saturated heterocycles. The summed E-state index contributed by atoms with van der Waals surface area (Å²) in [5, 5.41) is 0. The number of nitrogens with zero attached hydrogens (tertiary/aromatic N) is 2. The van der Waals surface area contributed by atoms with Crippen molar-refractivity contribution >= 4 is 5.69 Å². The number of nitrogen functional groups attached to an aromatic ring is 1. The zero-order valence-corrected chi connectivity index (χ0v) is 12.1. The second kappa shape index (κ2) is 6.46. The predicted octanol–water partition coefficient (Wildman–Crippen LogP) is 1.82. The molecule has 1 aromatic rings. The Hall–Kier alpha value is -1.26. The van der Waals surface area contributed by atoms with E-state index in [-0.39, 0.29) is 0 Å². The molecule has 2 fully saturated rings. The van der Waals surface area contributed by atoms with Gasteiger partial charge in [0.05, 0.1) is 6.61 Å². The Morgan fingerprint density at radius 1 is 1.25 bits per heavy atom. The van der Waals surface area contributed by atoms with Crippen LogP contribution in [0.15, 0.2) is 24.3 Å². The summed E-state index contributed by atoms with van der Waals surface area (Å²) in [4.78, 5) is 5.24. The largest absolute Gasteiger partial charge is 0.493 e. The van der Waals surface area contributed by atoms with E-state index in [9.17, 15) is 0 Å². The maximum absolute atomic E-state index is 5.75. The highest BCUT2D eigenvalue weighted by Gasteiger charge is 2.29. The van der Waals surface area contributed by atoms with Crippen LogP contribution >= 0.6 is 0 Å². The Morgan fingerprint density at radius 3 is 3.10 bits per heavy atom. The van der Waals surface area contributed by atoms with Crippen LogP contribution in [-0.2, 0) is 0 Å². The van der Waals surface area contributed by atoms with Crippen LogP contribution in [-0.4, -0.2) is 55.2 Å². The topological polar surface area (TPSA) is 41.7 Å². The summed E-state index contributed by atoms with van der Waals surface area (Å²) in [6, 6.07) is 8.49. The quantitative estimate of drug-likeness (QED) is 0.657. The molecule has 1 aromatic carbocycles. The second-order valence-corrected chi connectivity index (χ2v) is 5.91. The molecule has 3 rings (SSSR count). The van der Waals surface area contributed by atoms with E-state index in [0.29, 0.717) is 0 Å². The molecule has 0 amide bonds. The van der Waals surface area contributed by atoms with Crippen molar-refractivity contribution in [3.8, 4) is 5.75 Å². The van der Waals surface area contributed by atoms with E-state index in [1.165, 1.54) is 39.0 Å². The summed E-state index contributed by atoms with van der Waals surface area (Å²) in [7, 11) is 0. The first kappa shape index (κ1) is 13.7. The smallest absolute Gasteiger partial charge is 0.121 e. The zero-order valence-electron chi connectivity index (χ0n) is 12.1. The molecule has 0 spiro atoms. The fourth-order valence-electron chi connectivity index (χ4n) is 3.34. The number of benzene rings is 1. The third-order valence-electron chi connectivity index (χ3n) is 4.42. The Bertz CT molecular complexity index is 437. The Balaban J connectivity index is 1.36. The van der Waals surface area contributed by atoms with Crippen molar-refractivity contribution < 1.29 is 4.74 Å². The summed E-state index contributed by atoms with van der Waals surface area (Å²) in [6.07, 6.45) is 3.86. The molecule has 1 atom stereocenters. The van der Waals surface area contributed by atoms with Gasteiger partial charge in [0.1, 0.15) is 5.75 Å². The minimum Gasteiger partial charge on any atom is -0.493 e. The van der Waals surface area contributed by atoms with E-state index in [2.05, 4.69) is 9.80 Å². The highest BCUT2D eigenvalue weighted by Crippen LogP contribution is 2.21. The molecule has 2 heterocycles. The summed E-state index contributed by atoms with van der Waals surface area (Å²) < 4.78 is 5.75. The van der Waals surface area contributed by atoms with Gasteiger partial charge in [-0.05, 0) is 37.9 Å². The number of ether oxygens (including phenoxy) is 1. The highest BCUT2D eigenvalue weighted by molar-refractivity contribution is 5.43. The van der Waals surface area contributed by atoms with Gasteiger partial charge in [-0.3, -0.25) is 4.90 Å². The Labute approximate surface area is 121 Å². The van der Waals surface area contributed by atoms with Crippen molar-refractivity contribution in [2.24, 2.45) is 0 Å². The van der Waals surface area contributed by atoms with Crippen LogP contribution in [0.4, 0.5) is 5.69 Å². The van der Waals surface area contributed by atoms with Crippen LogP contribution in [0.2, 0.25) is 0 Å². The van der Waals surface area contributed by atoms with Gasteiger partial charge in [0.25, 0.3) is 0 Å². The molecule has 4 heteroatoms. The van der Waals surface area contributed by atoms with Crippen molar-refractivity contribution in [1.29, 1.82) is 0 Å². The minimum atomic E-state index is 0.764. The number of anilines is 1. The molecule has 0 aliphatic carbocycles. The van der Waals surface area contributed by atoms with Crippen molar-refractivity contribution in [2.45, 2.75) is 25.3 Å². The number of nitrogens with two attached hydrogens (primary N) is 1. The normalized spacial score (nSPS) is 23.7. The first-order chi connectivity index (χ1) is 9.81. The third kappa shape index (κ3) is 3.44. The summed E-state index contributed by atoms with van der Waals surface area (Å²) in [6.45, 7) is 6.95. The minimum absolute atomic E-state index is 0.764. The molecule has 0 bridgehead atoms. The van der Waals surface area contributed by atoms with Crippen LogP contribution in [0.1, 0.15) is 19.3 Å². The van der Waals surface area contributed by atoms with Gasteiger partial charge >= 0.3 is 0 Å². The van der Waals surface area contributed by atoms with E-state index in [1.54, 1.807) is 0 Å². The average Bonchev–Trinajstić information content (AvgIpc) is 2.91. The van der Waals surface area contributed by atoms with Crippen LogP contribution in [0.5, 0.6) is 5.75 Å². The van der Waals surface area contributed by atoms with Gasteiger partial charge in [-0.2, -0.15) is 0 Å². The number of piperazine rings is 1. The highest BCUT2D eigenvalue weighted by atomic mass is 16.5. The zero-order chi connectivity index (χ0) is 13.8. The van der Waals surface area contributed by atoms with Crippen molar-refractivity contribution in [1.82, 2.24) is 9.80 Å². The monoisotopic (exact) mass is 275 g/mol. The van der Waals surface area contributed by atoms with Crippen molar-refractivity contribution in [2.75, 3.05) is 45.1 Å². The maximum atomic E-state index is 5.75. The third-order valence-corrected chi connectivity index (χ3v) is 4.42. The lowest BCUT2D eigenvalue weighted by atomic mass is 10.1. The van der Waals surface area contributed by atoms with Gasteiger partial charge in [0.15, 0.2) is 0 Å². The van der Waals surface area contributed by atoms with Gasteiger partial charge in [-0.15, -0.1) is 0 Å². The van der Waals surface area contributed by atoms with E-state index in [0.717, 1.165) is 37.1 Å². The van der Waals surface area contributed by atoms with E-state index in [4.69, 9.17) is 10.5 Å². The molecule has 1 unspecified atom stereocenters. The van der Waals surface area contributed by atoms with Crippen molar-refractivity contribution in [3.05, 3.63) is 24.3 Å². The lowest BCUT2D eigenvalue weighted by Gasteiger charge is -2.37. The van der Waals surface area contributed by atoms with Gasteiger partial charge < -0.3 is 15.4 Å². The summed E-state index contributed by atoms with van der Waals surface area (Å²) >= 11 is 0. The molecule has 2 aliphatic heterocycles. The lowest BCUT2D eigenvalue weighted by molar-refractivity contribution is 0.0997.